The Morgan fingerprint density at radius 3 is 2.65 bits per heavy atom. The molecule has 31 heavy (non-hydrogen) atoms. The minimum atomic E-state index is -0.930. The van der Waals surface area contributed by atoms with Gasteiger partial charge in [0.2, 0.25) is 0 Å². The van der Waals surface area contributed by atoms with Crippen molar-refractivity contribution in [3.8, 4) is 0 Å². The number of hydrogen-bond acceptors (Lipinski definition) is 4. The number of carbonyl (C=O) groups excluding carboxylic acids is 2. The molecule has 2 fully saturated rings. The van der Waals surface area contributed by atoms with Crippen LogP contribution in [0.15, 0.2) is 35.5 Å². The molecule has 4 rings (SSSR count). The summed E-state index contributed by atoms with van der Waals surface area (Å²) in [6, 6.07) is 0. The first-order chi connectivity index (χ1) is 14.5. The molecule has 6 atom stereocenters. The number of carbonyl (C=O) groups is 2. The van der Waals surface area contributed by atoms with Crippen LogP contribution in [0, 0.1) is 34.0 Å². The molecule has 1 aliphatic heterocycles. The van der Waals surface area contributed by atoms with Crippen LogP contribution in [0.1, 0.15) is 80.1 Å². The second-order valence-electron chi connectivity index (χ2n) is 11.5. The summed E-state index contributed by atoms with van der Waals surface area (Å²) in [4.78, 5) is 23.2. The maximum absolute atomic E-state index is 11.8. The maximum atomic E-state index is 11.8. The Labute approximate surface area is 187 Å². The first-order valence-corrected chi connectivity index (χ1v) is 12.0. The van der Waals surface area contributed by atoms with Crippen molar-refractivity contribution in [2.24, 2.45) is 34.0 Å². The molecule has 3 aliphatic carbocycles. The summed E-state index contributed by atoms with van der Waals surface area (Å²) in [5.41, 5.74) is 2.87. The third-order valence-electron chi connectivity index (χ3n) is 9.23. The van der Waals surface area contributed by atoms with E-state index in [9.17, 15) is 9.59 Å². The Kier molecular flexibility index (Phi) is 5.51. The highest BCUT2D eigenvalue weighted by Crippen LogP contribution is 2.65. The maximum Gasteiger partial charge on any atom is 0.334 e. The summed E-state index contributed by atoms with van der Waals surface area (Å²) < 4.78 is 10.4. The van der Waals surface area contributed by atoms with Gasteiger partial charge < -0.3 is 9.47 Å². The van der Waals surface area contributed by atoms with Crippen LogP contribution in [-0.4, -0.2) is 18.2 Å². The molecule has 0 bridgehead atoms. The number of rotatable bonds is 3. The SMILES string of the molecule is CC(=O)O[C@H]1OC(=O)C=C1/C=C/[C@]1(C)C2=CC[C@H]3C(C)(C)CCC[C@]3(C)[C@H]2CC[C@@H]1C. The van der Waals surface area contributed by atoms with Crippen LogP contribution in [-0.2, 0) is 19.1 Å². The zero-order valence-corrected chi connectivity index (χ0v) is 20.0. The molecular formula is C27H38O4. The number of ether oxygens (including phenoxy) is 2. The van der Waals surface area contributed by atoms with Gasteiger partial charge in [-0.2, -0.15) is 0 Å². The van der Waals surface area contributed by atoms with E-state index >= 15 is 0 Å². The van der Waals surface area contributed by atoms with Gasteiger partial charge in [0.05, 0.1) is 0 Å². The van der Waals surface area contributed by atoms with Crippen molar-refractivity contribution in [2.45, 2.75) is 86.4 Å². The summed E-state index contributed by atoms with van der Waals surface area (Å²) >= 11 is 0. The highest BCUT2D eigenvalue weighted by Gasteiger charge is 2.56. The second kappa shape index (κ2) is 7.64. The molecule has 0 radical (unpaired) electrons. The topological polar surface area (TPSA) is 52.6 Å². The van der Waals surface area contributed by atoms with E-state index in [1.165, 1.54) is 45.1 Å². The number of esters is 2. The monoisotopic (exact) mass is 426 g/mol. The van der Waals surface area contributed by atoms with Gasteiger partial charge >= 0.3 is 11.9 Å². The van der Waals surface area contributed by atoms with Gasteiger partial charge in [0.15, 0.2) is 0 Å². The highest BCUT2D eigenvalue weighted by molar-refractivity contribution is 5.86. The van der Waals surface area contributed by atoms with E-state index in [-0.39, 0.29) is 5.41 Å². The van der Waals surface area contributed by atoms with Crippen LogP contribution in [0.3, 0.4) is 0 Å². The number of allylic oxidation sites excluding steroid dienone is 3. The molecule has 170 valence electrons. The zero-order valence-electron chi connectivity index (χ0n) is 20.0. The summed E-state index contributed by atoms with van der Waals surface area (Å²) in [7, 11) is 0. The molecular weight excluding hydrogens is 388 g/mol. The molecule has 0 saturated heterocycles. The standard InChI is InChI=1S/C27H38O4/c1-17-8-9-21-20(10-11-22-25(3,4)13-7-14-27(21,22)6)26(17,5)15-12-19-16-23(29)31-24(19)30-18(2)28/h10,12,15-17,21-22,24H,7-9,11,13-14H2,1-6H3/b15-12+/t17-,21-,22-,24-,26-,27+/m0/s1. The van der Waals surface area contributed by atoms with E-state index in [2.05, 4.69) is 46.8 Å². The highest BCUT2D eigenvalue weighted by atomic mass is 16.7. The molecule has 4 aliphatic rings. The van der Waals surface area contributed by atoms with Crippen molar-refractivity contribution in [3.63, 3.8) is 0 Å². The molecule has 2 saturated carbocycles. The minimum Gasteiger partial charge on any atom is -0.421 e. The fourth-order valence-corrected chi connectivity index (χ4v) is 7.31. The van der Waals surface area contributed by atoms with Crippen LogP contribution < -0.4 is 0 Å². The first-order valence-electron chi connectivity index (χ1n) is 12.0. The van der Waals surface area contributed by atoms with Gasteiger partial charge in [0.25, 0.3) is 6.29 Å². The number of fused-ring (bicyclic) bond motifs is 3. The van der Waals surface area contributed by atoms with Crippen LogP contribution in [0.5, 0.6) is 0 Å². The van der Waals surface area contributed by atoms with E-state index < -0.39 is 18.2 Å². The Morgan fingerprint density at radius 2 is 1.94 bits per heavy atom. The summed E-state index contributed by atoms with van der Waals surface area (Å²) in [5.74, 6) is 0.943. The summed E-state index contributed by atoms with van der Waals surface area (Å²) in [6.45, 7) is 13.5. The smallest absolute Gasteiger partial charge is 0.334 e. The van der Waals surface area contributed by atoms with Gasteiger partial charge in [-0.15, -0.1) is 0 Å². The predicted octanol–water partition coefficient (Wildman–Crippen LogP) is 6.13. The molecule has 0 N–H and O–H groups in total. The molecule has 0 aromatic rings. The molecule has 1 heterocycles. The Morgan fingerprint density at radius 1 is 1.19 bits per heavy atom. The van der Waals surface area contributed by atoms with E-state index in [4.69, 9.17) is 9.47 Å². The van der Waals surface area contributed by atoms with Gasteiger partial charge in [0, 0.05) is 24.0 Å². The van der Waals surface area contributed by atoms with Gasteiger partial charge in [0.1, 0.15) is 0 Å². The Hall–Kier alpha value is -1.84. The lowest BCUT2D eigenvalue weighted by Gasteiger charge is -2.61. The van der Waals surface area contributed by atoms with Crippen molar-refractivity contribution >= 4 is 11.9 Å². The normalized spacial score (nSPS) is 41.7. The van der Waals surface area contributed by atoms with E-state index in [0.29, 0.717) is 28.2 Å². The molecule has 0 aromatic heterocycles. The van der Waals surface area contributed by atoms with Crippen molar-refractivity contribution in [2.75, 3.05) is 0 Å². The van der Waals surface area contributed by atoms with Crippen LogP contribution in [0.4, 0.5) is 0 Å². The zero-order chi connectivity index (χ0) is 22.6. The van der Waals surface area contributed by atoms with Crippen LogP contribution in [0.25, 0.3) is 0 Å². The van der Waals surface area contributed by atoms with Crippen molar-refractivity contribution in [1.82, 2.24) is 0 Å². The first kappa shape index (κ1) is 22.4. The van der Waals surface area contributed by atoms with Gasteiger partial charge in [-0.1, -0.05) is 64.8 Å². The fourth-order valence-electron chi connectivity index (χ4n) is 7.31. The van der Waals surface area contributed by atoms with Gasteiger partial charge in [-0.05, 0) is 60.7 Å². The molecule has 4 heteroatoms. The fraction of sp³-hybridized carbons (Fsp3) is 0.704. The lowest BCUT2D eigenvalue weighted by molar-refractivity contribution is -0.171. The largest absolute Gasteiger partial charge is 0.421 e. The summed E-state index contributed by atoms with van der Waals surface area (Å²) in [5, 5.41) is 0. The molecule has 4 nitrogen and oxygen atoms in total. The number of cyclic esters (lactones) is 1. The third kappa shape index (κ3) is 3.70. The molecule has 0 unspecified atom stereocenters. The third-order valence-corrected chi connectivity index (χ3v) is 9.23. The van der Waals surface area contributed by atoms with E-state index in [0.717, 1.165) is 12.3 Å². The van der Waals surface area contributed by atoms with Crippen LogP contribution in [0.2, 0.25) is 0 Å². The van der Waals surface area contributed by atoms with E-state index in [1.54, 1.807) is 5.57 Å². The predicted molar refractivity (Wildman–Crippen MR) is 121 cm³/mol. The van der Waals surface area contributed by atoms with E-state index in [1.807, 2.05) is 6.08 Å². The molecule has 0 amide bonds. The second-order valence-corrected chi connectivity index (χ2v) is 11.5. The molecule has 0 spiro atoms. The lowest BCUT2D eigenvalue weighted by Crippen LogP contribution is -2.52. The van der Waals surface area contributed by atoms with Gasteiger partial charge in [-0.25, -0.2) is 4.79 Å². The lowest BCUT2D eigenvalue weighted by atomic mass is 9.44. The van der Waals surface area contributed by atoms with Crippen molar-refractivity contribution in [1.29, 1.82) is 0 Å². The Bertz CT molecular complexity index is 862. The summed E-state index contributed by atoms with van der Waals surface area (Å²) in [6.07, 6.45) is 14.9. The molecule has 0 aromatic carbocycles. The minimum absolute atomic E-state index is 0.0776. The van der Waals surface area contributed by atoms with Crippen molar-refractivity contribution in [3.05, 3.63) is 35.5 Å². The quantitative estimate of drug-likeness (QED) is 0.402. The average molecular weight is 427 g/mol. The number of hydrogen-bond donors (Lipinski definition) is 0. The van der Waals surface area contributed by atoms with Crippen LogP contribution >= 0.6 is 0 Å². The average Bonchev–Trinajstić information content (AvgIpc) is 3.01. The Balaban J connectivity index is 1.67. The van der Waals surface area contributed by atoms with Gasteiger partial charge in [-0.3, -0.25) is 4.79 Å². The van der Waals surface area contributed by atoms with Crippen molar-refractivity contribution < 1.29 is 19.1 Å².